The highest BCUT2D eigenvalue weighted by atomic mass is 16.2. The third-order valence-electron chi connectivity index (χ3n) is 3.86. The maximum Gasteiger partial charge on any atom is 0.228 e. The fourth-order valence-corrected chi connectivity index (χ4v) is 2.21. The molecule has 16 heavy (non-hydrogen) atoms. The van der Waals surface area contributed by atoms with Gasteiger partial charge in [-0.05, 0) is 38.8 Å². The highest BCUT2D eigenvalue weighted by Crippen LogP contribution is 2.26. The summed E-state index contributed by atoms with van der Waals surface area (Å²) in [5.74, 6) is 1.08. The lowest BCUT2D eigenvalue weighted by molar-refractivity contribution is -0.142. The van der Waals surface area contributed by atoms with Crippen LogP contribution < -0.4 is 5.32 Å². The molecule has 0 saturated carbocycles. The van der Waals surface area contributed by atoms with Gasteiger partial charge >= 0.3 is 0 Å². The number of nitrogens with zero attached hydrogens (tertiary/aromatic N) is 1. The molecule has 0 bridgehead atoms. The Morgan fingerprint density at radius 3 is 2.38 bits per heavy atom. The Balaban J connectivity index is 2.45. The predicted molar refractivity (Wildman–Crippen MR) is 67.3 cm³/mol. The van der Waals surface area contributed by atoms with Gasteiger partial charge in [-0.1, -0.05) is 20.8 Å². The van der Waals surface area contributed by atoms with E-state index in [0.29, 0.717) is 5.91 Å². The molecule has 0 aliphatic carbocycles. The first-order valence-corrected chi connectivity index (χ1v) is 6.45. The number of likely N-dealkylation sites (tertiary alicyclic amines) is 1. The van der Waals surface area contributed by atoms with Crippen LogP contribution in [-0.4, -0.2) is 37.5 Å². The van der Waals surface area contributed by atoms with Crippen molar-refractivity contribution in [3.63, 3.8) is 0 Å². The molecule has 1 heterocycles. The summed E-state index contributed by atoms with van der Waals surface area (Å²) in [5.41, 5.74) is -0.185. The molecule has 0 aromatic rings. The van der Waals surface area contributed by atoms with E-state index in [1.54, 1.807) is 0 Å². The van der Waals surface area contributed by atoms with Gasteiger partial charge in [0.1, 0.15) is 0 Å². The highest BCUT2D eigenvalue weighted by molar-refractivity contribution is 5.81. The number of hydrogen-bond donors (Lipinski definition) is 1. The van der Waals surface area contributed by atoms with Crippen LogP contribution in [0.15, 0.2) is 0 Å². The maximum atomic E-state index is 12.2. The minimum absolute atomic E-state index is 0.185. The Morgan fingerprint density at radius 1 is 1.38 bits per heavy atom. The molecule has 3 nitrogen and oxygen atoms in total. The standard InChI is InChI=1S/C13H26N2O/c1-5-13(2,3)12(16)15-8-6-11(7-9-15)10-14-4/h11,14H,5-10H2,1-4H3. The highest BCUT2D eigenvalue weighted by Gasteiger charge is 2.32. The number of carbonyl (C=O) groups excluding carboxylic acids is 1. The van der Waals surface area contributed by atoms with Crippen LogP contribution in [0.3, 0.4) is 0 Å². The van der Waals surface area contributed by atoms with Crippen LogP contribution in [0, 0.1) is 11.3 Å². The van der Waals surface area contributed by atoms with Crippen LogP contribution in [0.25, 0.3) is 0 Å². The number of piperidine rings is 1. The van der Waals surface area contributed by atoms with Gasteiger partial charge in [-0.15, -0.1) is 0 Å². The van der Waals surface area contributed by atoms with Gasteiger partial charge in [0.15, 0.2) is 0 Å². The third kappa shape index (κ3) is 3.21. The summed E-state index contributed by atoms with van der Waals surface area (Å²) in [6, 6.07) is 0. The van der Waals surface area contributed by atoms with Crippen molar-refractivity contribution in [3.8, 4) is 0 Å². The van der Waals surface area contributed by atoms with Crippen molar-refractivity contribution in [1.82, 2.24) is 10.2 Å². The average Bonchev–Trinajstić information content (AvgIpc) is 2.29. The predicted octanol–water partition coefficient (Wildman–Crippen LogP) is 1.88. The van der Waals surface area contributed by atoms with Gasteiger partial charge in [0.2, 0.25) is 5.91 Å². The van der Waals surface area contributed by atoms with Gasteiger partial charge in [0.05, 0.1) is 0 Å². The minimum atomic E-state index is -0.185. The molecule has 0 atom stereocenters. The Labute approximate surface area is 99.6 Å². The summed E-state index contributed by atoms with van der Waals surface area (Å²) in [6.07, 6.45) is 3.21. The van der Waals surface area contributed by atoms with Gasteiger partial charge in [0, 0.05) is 18.5 Å². The van der Waals surface area contributed by atoms with Crippen LogP contribution in [-0.2, 0) is 4.79 Å². The smallest absolute Gasteiger partial charge is 0.228 e. The van der Waals surface area contributed by atoms with Crippen LogP contribution >= 0.6 is 0 Å². The molecule has 94 valence electrons. The van der Waals surface area contributed by atoms with Crippen molar-refractivity contribution in [2.75, 3.05) is 26.7 Å². The van der Waals surface area contributed by atoms with Crippen LogP contribution in [0.2, 0.25) is 0 Å². The first-order chi connectivity index (χ1) is 7.51. The van der Waals surface area contributed by atoms with Crippen molar-refractivity contribution in [3.05, 3.63) is 0 Å². The molecule has 1 aliphatic heterocycles. The first kappa shape index (κ1) is 13.5. The van der Waals surface area contributed by atoms with E-state index >= 15 is 0 Å². The summed E-state index contributed by atoms with van der Waals surface area (Å²) in [4.78, 5) is 14.3. The Bertz CT molecular complexity index is 230. The lowest BCUT2D eigenvalue weighted by Gasteiger charge is -2.36. The molecular formula is C13H26N2O. The minimum Gasteiger partial charge on any atom is -0.342 e. The molecule has 0 unspecified atom stereocenters. The largest absolute Gasteiger partial charge is 0.342 e. The fraction of sp³-hybridized carbons (Fsp3) is 0.923. The number of rotatable bonds is 4. The second kappa shape index (κ2) is 5.67. The molecule has 1 rings (SSSR count). The SMILES string of the molecule is CCC(C)(C)C(=O)N1CCC(CNC)CC1. The average molecular weight is 226 g/mol. The van der Waals surface area contributed by atoms with Gasteiger partial charge in [0.25, 0.3) is 0 Å². The van der Waals surface area contributed by atoms with Crippen molar-refractivity contribution in [1.29, 1.82) is 0 Å². The molecule has 0 radical (unpaired) electrons. The molecule has 0 aromatic heterocycles. The Morgan fingerprint density at radius 2 is 1.94 bits per heavy atom. The molecule has 1 saturated heterocycles. The number of nitrogens with one attached hydrogen (secondary N) is 1. The zero-order valence-corrected chi connectivity index (χ0v) is 11.2. The van der Waals surface area contributed by atoms with Crippen molar-refractivity contribution >= 4 is 5.91 Å². The van der Waals surface area contributed by atoms with E-state index in [2.05, 4.69) is 31.0 Å². The number of carbonyl (C=O) groups is 1. The summed E-state index contributed by atoms with van der Waals surface area (Å²) in [6.45, 7) is 9.15. The van der Waals surface area contributed by atoms with Crippen LogP contribution in [0.5, 0.6) is 0 Å². The molecular weight excluding hydrogens is 200 g/mol. The molecule has 1 fully saturated rings. The van der Waals surface area contributed by atoms with E-state index in [4.69, 9.17) is 0 Å². The van der Waals surface area contributed by atoms with Gasteiger partial charge in [-0.3, -0.25) is 4.79 Å². The quantitative estimate of drug-likeness (QED) is 0.794. The van der Waals surface area contributed by atoms with E-state index in [-0.39, 0.29) is 5.41 Å². The first-order valence-electron chi connectivity index (χ1n) is 6.45. The lowest BCUT2D eigenvalue weighted by Crippen LogP contribution is -2.45. The van der Waals surface area contributed by atoms with E-state index in [1.807, 2.05) is 7.05 Å². The maximum absolute atomic E-state index is 12.2. The number of amides is 1. The van der Waals surface area contributed by atoms with Gasteiger partial charge in [-0.2, -0.15) is 0 Å². The summed E-state index contributed by atoms with van der Waals surface area (Å²) in [7, 11) is 2.00. The van der Waals surface area contributed by atoms with E-state index < -0.39 is 0 Å². The fourth-order valence-electron chi connectivity index (χ4n) is 2.21. The summed E-state index contributed by atoms with van der Waals surface area (Å²) >= 11 is 0. The second-order valence-electron chi connectivity index (χ2n) is 5.53. The van der Waals surface area contributed by atoms with E-state index in [0.717, 1.165) is 44.8 Å². The topological polar surface area (TPSA) is 32.3 Å². The van der Waals surface area contributed by atoms with Crippen molar-refractivity contribution in [2.45, 2.75) is 40.0 Å². The number of hydrogen-bond acceptors (Lipinski definition) is 2. The van der Waals surface area contributed by atoms with Crippen molar-refractivity contribution in [2.24, 2.45) is 11.3 Å². The zero-order chi connectivity index (χ0) is 12.2. The Kier molecular flexibility index (Phi) is 4.78. The second-order valence-corrected chi connectivity index (χ2v) is 5.53. The van der Waals surface area contributed by atoms with Gasteiger partial charge < -0.3 is 10.2 Å². The monoisotopic (exact) mass is 226 g/mol. The van der Waals surface area contributed by atoms with E-state index in [9.17, 15) is 4.79 Å². The molecule has 1 N–H and O–H groups in total. The molecule has 3 heteroatoms. The van der Waals surface area contributed by atoms with Crippen molar-refractivity contribution < 1.29 is 4.79 Å². The summed E-state index contributed by atoms with van der Waals surface area (Å²) in [5, 5.41) is 3.22. The van der Waals surface area contributed by atoms with Gasteiger partial charge in [-0.25, -0.2) is 0 Å². The summed E-state index contributed by atoms with van der Waals surface area (Å²) < 4.78 is 0. The lowest BCUT2D eigenvalue weighted by atomic mass is 9.87. The van der Waals surface area contributed by atoms with E-state index in [1.165, 1.54) is 0 Å². The molecule has 0 aromatic carbocycles. The van der Waals surface area contributed by atoms with Crippen LogP contribution in [0.1, 0.15) is 40.0 Å². The van der Waals surface area contributed by atoms with Crippen LogP contribution in [0.4, 0.5) is 0 Å². The third-order valence-corrected chi connectivity index (χ3v) is 3.86. The molecule has 1 amide bonds. The zero-order valence-electron chi connectivity index (χ0n) is 11.2. The molecule has 0 spiro atoms. The normalized spacial score (nSPS) is 18.9. The molecule has 1 aliphatic rings. The Hall–Kier alpha value is -0.570.